The Balaban J connectivity index is 0.00000289. The number of rotatable bonds is 6. The van der Waals surface area contributed by atoms with Crippen LogP contribution in [0.25, 0.3) is 0 Å². The van der Waals surface area contributed by atoms with Gasteiger partial charge in [-0.2, -0.15) is 5.10 Å². The van der Waals surface area contributed by atoms with Gasteiger partial charge in [0.1, 0.15) is 5.82 Å². The summed E-state index contributed by atoms with van der Waals surface area (Å²) in [7, 11) is 1.98. The molecule has 4 rings (SSSR count). The van der Waals surface area contributed by atoms with Crippen LogP contribution in [0.2, 0.25) is 0 Å². The van der Waals surface area contributed by atoms with Gasteiger partial charge >= 0.3 is 0 Å². The number of ether oxygens (including phenoxy) is 1. The highest BCUT2D eigenvalue weighted by atomic mass is 127. The Morgan fingerprint density at radius 1 is 1.28 bits per heavy atom. The fourth-order valence-corrected chi connectivity index (χ4v) is 4.45. The summed E-state index contributed by atoms with van der Waals surface area (Å²) >= 11 is 0. The van der Waals surface area contributed by atoms with E-state index in [1.165, 1.54) is 17.5 Å². The summed E-state index contributed by atoms with van der Waals surface area (Å²) in [4.78, 5) is 14.2. The number of guanidine groups is 1. The number of halogens is 1. The molecule has 1 N–H and O–H groups in total. The maximum Gasteiger partial charge on any atom is 0.194 e. The number of pyridine rings is 1. The van der Waals surface area contributed by atoms with E-state index in [2.05, 4.69) is 57.4 Å². The van der Waals surface area contributed by atoms with Gasteiger partial charge in [0, 0.05) is 52.2 Å². The van der Waals surface area contributed by atoms with Crippen molar-refractivity contribution in [1.82, 2.24) is 25.0 Å². The van der Waals surface area contributed by atoms with Gasteiger partial charge in [-0.25, -0.2) is 9.98 Å². The molecule has 2 aromatic heterocycles. The number of hydrogen-bond acceptors (Lipinski definition) is 5. The zero-order valence-corrected chi connectivity index (χ0v) is 21.7. The molecule has 0 spiro atoms. The Kier molecular flexibility index (Phi) is 9.15. The van der Waals surface area contributed by atoms with Crippen LogP contribution < -0.4 is 10.2 Å². The van der Waals surface area contributed by atoms with E-state index in [0.717, 1.165) is 57.5 Å². The van der Waals surface area contributed by atoms with Crippen molar-refractivity contribution in [2.24, 2.45) is 18.0 Å². The van der Waals surface area contributed by atoms with Gasteiger partial charge in [0.25, 0.3) is 0 Å². The van der Waals surface area contributed by atoms with Crippen molar-refractivity contribution in [3.8, 4) is 0 Å². The Morgan fingerprint density at radius 2 is 2.16 bits per heavy atom. The van der Waals surface area contributed by atoms with Crippen LogP contribution in [0.1, 0.15) is 31.4 Å². The maximum absolute atomic E-state index is 5.66. The Hall–Kier alpha value is -1.88. The van der Waals surface area contributed by atoms with Crippen molar-refractivity contribution < 1.29 is 4.74 Å². The van der Waals surface area contributed by atoms with Crippen LogP contribution >= 0.6 is 24.0 Å². The van der Waals surface area contributed by atoms with Gasteiger partial charge in [0.2, 0.25) is 0 Å². The monoisotopic (exact) mass is 553 g/mol. The van der Waals surface area contributed by atoms with E-state index in [9.17, 15) is 0 Å². The molecule has 2 aromatic rings. The molecule has 2 aliphatic heterocycles. The average Bonchev–Trinajstić information content (AvgIpc) is 3.40. The van der Waals surface area contributed by atoms with Gasteiger partial charge in [0.05, 0.1) is 25.5 Å². The van der Waals surface area contributed by atoms with E-state index in [1.807, 2.05) is 24.1 Å². The van der Waals surface area contributed by atoms with Gasteiger partial charge in [-0.15, -0.1) is 24.0 Å². The summed E-state index contributed by atoms with van der Waals surface area (Å²) in [5.74, 6) is 2.67. The average molecular weight is 553 g/mol. The first kappa shape index (κ1) is 24.8. The second kappa shape index (κ2) is 11.8. The topological polar surface area (TPSA) is 70.8 Å². The number of aromatic nitrogens is 3. The SMILES string of the molecule is CCNC(=NCc1ccnc(N2CCOC(C)C2)c1)N1CCC(Cc2cnn(C)c2)C1.I. The normalized spacial score (nSPS) is 21.5. The van der Waals surface area contributed by atoms with Crippen LogP contribution in [0.5, 0.6) is 0 Å². The molecule has 0 aliphatic carbocycles. The van der Waals surface area contributed by atoms with E-state index < -0.39 is 0 Å². The Bertz CT molecular complexity index is 887. The lowest BCUT2D eigenvalue weighted by Gasteiger charge is -2.32. The third-order valence-corrected chi connectivity index (χ3v) is 5.99. The van der Waals surface area contributed by atoms with E-state index in [1.54, 1.807) is 0 Å². The molecule has 2 unspecified atom stereocenters. The molecular weight excluding hydrogens is 517 g/mol. The second-order valence-electron chi connectivity index (χ2n) is 8.65. The molecule has 2 saturated heterocycles. The number of morpholine rings is 1. The minimum atomic E-state index is 0. The highest BCUT2D eigenvalue weighted by Gasteiger charge is 2.25. The fourth-order valence-electron chi connectivity index (χ4n) is 4.45. The van der Waals surface area contributed by atoms with Crippen LogP contribution in [0.15, 0.2) is 35.7 Å². The number of anilines is 1. The number of hydrogen-bond donors (Lipinski definition) is 1. The summed E-state index contributed by atoms with van der Waals surface area (Å²) in [6, 6.07) is 4.23. The van der Waals surface area contributed by atoms with Crippen molar-refractivity contribution in [3.05, 3.63) is 41.9 Å². The molecule has 32 heavy (non-hydrogen) atoms. The van der Waals surface area contributed by atoms with Crippen LogP contribution in [-0.4, -0.2) is 71.1 Å². The highest BCUT2D eigenvalue weighted by molar-refractivity contribution is 14.0. The summed E-state index contributed by atoms with van der Waals surface area (Å²) in [6.07, 6.45) is 8.51. The number of likely N-dealkylation sites (tertiary alicyclic amines) is 1. The van der Waals surface area contributed by atoms with Crippen LogP contribution in [0.3, 0.4) is 0 Å². The lowest BCUT2D eigenvalue weighted by Crippen LogP contribution is -2.41. The number of aryl methyl sites for hydroxylation is 1. The Labute approximate surface area is 208 Å². The van der Waals surface area contributed by atoms with Crippen molar-refractivity contribution in [3.63, 3.8) is 0 Å². The largest absolute Gasteiger partial charge is 0.375 e. The van der Waals surface area contributed by atoms with E-state index in [4.69, 9.17) is 9.73 Å². The second-order valence-corrected chi connectivity index (χ2v) is 8.65. The summed E-state index contributed by atoms with van der Waals surface area (Å²) in [5, 5.41) is 7.79. The molecule has 0 aromatic carbocycles. The molecule has 0 saturated carbocycles. The summed E-state index contributed by atoms with van der Waals surface area (Å²) in [5.41, 5.74) is 2.50. The van der Waals surface area contributed by atoms with Gasteiger partial charge < -0.3 is 19.9 Å². The van der Waals surface area contributed by atoms with Gasteiger partial charge in [-0.1, -0.05) is 0 Å². The van der Waals surface area contributed by atoms with Crippen molar-refractivity contribution in [1.29, 1.82) is 0 Å². The standard InChI is InChI=1S/C23H35N7O.HI/c1-4-24-23(30-8-6-20(17-30)11-21-14-27-28(3)16-21)26-13-19-5-7-25-22(12-19)29-9-10-31-18(2)15-29;/h5,7,12,14,16,18,20H,4,6,8-11,13,15,17H2,1-3H3,(H,24,26);1H. The van der Waals surface area contributed by atoms with Gasteiger partial charge in [-0.3, -0.25) is 4.68 Å². The third-order valence-electron chi connectivity index (χ3n) is 5.99. The number of aliphatic imine (C=N–C) groups is 1. The minimum Gasteiger partial charge on any atom is -0.375 e. The first-order valence-corrected chi connectivity index (χ1v) is 11.4. The third kappa shape index (κ3) is 6.57. The number of nitrogens with one attached hydrogen (secondary N) is 1. The van der Waals surface area contributed by atoms with Gasteiger partial charge in [-0.05, 0) is 55.9 Å². The zero-order chi connectivity index (χ0) is 21.6. The molecule has 9 heteroatoms. The van der Waals surface area contributed by atoms with E-state index in [0.29, 0.717) is 12.5 Å². The first-order valence-electron chi connectivity index (χ1n) is 11.4. The van der Waals surface area contributed by atoms with Crippen LogP contribution in [-0.2, 0) is 24.8 Å². The van der Waals surface area contributed by atoms with E-state index >= 15 is 0 Å². The molecular formula is C23H36IN7O. The van der Waals surface area contributed by atoms with Gasteiger partial charge in [0.15, 0.2) is 5.96 Å². The quantitative estimate of drug-likeness (QED) is 0.337. The van der Waals surface area contributed by atoms with Crippen molar-refractivity contribution in [2.45, 2.75) is 39.3 Å². The fraction of sp³-hybridized carbons (Fsp3) is 0.609. The molecule has 2 aliphatic rings. The molecule has 0 amide bonds. The zero-order valence-electron chi connectivity index (χ0n) is 19.4. The number of nitrogens with zero attached hydrogens (tertiary/aromatic N) is 6. The molecule has 2 atom stereocenters. The minimum absolute atomic E-state index is 0. The lowest BCUT2D eigenvalue weighted by molar-refractivity contribution is 0.0529. The molecule has 4 heterocycles. The Morgan fingerprint density at radius 3 is 2.91 bits per heavy atom. The maximum atomic E-state index is 5.66. The predicted octanol–water partition coefficient (Wildman–Crippen LogP) is 2.69. The highest BCUT2D eigenvalue weighted by Crippen LogP contribution is 2.21. The molecule has 176 valence electrons. The predicted molar refractivity (Wildman–Crippen MR) is 139 cm³/mol. The molecule has 8 nitrogen and oxygen atoms in total. The van der Waals surface area contributed by atoms with Crippen LogP contribution in [0, 0.1) is 5.92 Å². The smallest absolute Gasteiger partial charge is 0.194 e. The summed E-state index contributed by atoms with van der Waals surface area (Å²) < 4.78 is 7.54. The molecule has 2 fully saturated rings. The lowest BCUT2D eigenvalue weighted by atomic mass is 10.0. The molecule has 0 bridgehead atoms. The van der Waals surface area contributed by atoms with Crippen molar-refractivity contribution in [2.75, 3.05) is 44.2 Å². The van der Waals surface area contributed by atoms with Crippen molar-refractivity contribution >= 4 is 35.8 Å². The van der Waals surface area contributed by atoms with Crippen LogP contribution in [0.4, 0.5) is 5.82 Å². The molecule has 0 radical (unpaired) electrons. The first-order chi connectivity index (χ1) is 15.1. The summed E-state index contributed by atoms with van der Waals surface area (Å²) in [6.45, 7) is 10.4. The van der Waals surface area contributed by atoms with E-state index in [-0.39, 0.29) is 30.1 Å².